The molecule has 3 rings (SSSR count). The Morgan fingerprint density at radius 3 is 2.61 bits per heavy atom. The minimum atomic E-state index is -0.421. The molecular weight excluding hydrogens is 292 g/mol. The summed E-state index contributed by atoms with van der Waals surface area (Å²) in [4.78, 5) is 12.1. The van der Waals surface area contributed by atoms with Gasteiger partial charge in [-0.2, -0.15) is 5.10 Å². The topological polar surface area (TPSA) is 53.4 Å². The first-order chi connectivity index (χ1) is 11.3. The van der Waals surface area contributed by atoms with Crippen LogP contribution in [0.4, 0.5) is 0 Å². The molecule has 0 fully saturated rings. The number of aromatic nitrogens is 2. The van der Waals surface area contributed by atoms with Crippen molar-refractivity contribution in [2.75, 3.05) is 7.11 Å². The Morgan fingerprint density at radius 2 is 1.83 bits per heavy atom. The molecule has 0 aliphatic carbocycles. The Labute approximate surface area is 134 Å². The van der Waals surface area contributed by atoms with Gasteiger partial charge in [-0.3, -0.25) is 0 Å². The van der Waals surface area contributed by atoms with Crippen molar-refractivity contribution in [2.45, 2.75) is 6.61 Å². The molecule has 0 aliphatic rings. The van der Waals surface area contributed by atoms with Gasteiger partial charge in [0.15, 0.2) is 0 Å². The summed E-state index contributed by atoms with van der Waals surface area (Å²) in [7, 11) is 1.52. The molecule has 0 saturated heterocycles. The van der Waals surface area contributed by atoms with E-state index in [2.05, 4.69) is 5.10 Å². The van der Waals surface area contributed by atoms with Crippen molar-refractivity contribution in [1.29, 1.82) is 0 Å². The van der Waals surface area contributed by atoms with E-state index in [0.29, 0.717) is 11.3 Å². The highest BCUT2D eigenvalue weighted by Gasteiger charge is 2.13. The monoisotopic (exact) mass is 308 g/mol. The third kappa shape index (κ3) is 3.40. The van der Waals surface area contributed by atoms with Crippen molar-refractivity contribution in [1.82, 2.24) is 9.78 Å². The summed E-state index contributed by atoms with van der Waals surface area (Å²) in [6.07, 6.45) is 3.52. The summed E-state index contributed by atoms with van der Waals surface area (Å²) in [6, 6.07) is 16.7. The maximum absolute atomic E-state index is 12.1. The molecule has 0 amide bonds. The second kappa shape index (κ2) is 6.79. The number of hydrogen-bond acceptors (Lipinski definition) is 4. The molecule has 1 aromatic heterocycles. The first-order valence-corrected chi connectivity index (χ1v) is 7.17. The van der Waals surface area contributed by atoms with Gasteiger partial charge in [0.25, 0.3) is 0 Å². The SMILES string of the molecule is COc1ccccc1C(=O)OCc1cnn(-c2ccccc2)c1. The van der Waals surface area contributed by atoms with Gasteiger partial charge in [-0.15, -0.1) is 0 Å². The number of esters is 1. The van der Waals surface area contributed by atoms with Crippen LogP contribution < -0.4 is 4.74 Å². The molecule has 23 heavy (non-hydrogen) atoms. The molecular formula is C18H16N2O3. The van der Waals surface area contributed by atoms with Crippen LogP contribution in [0.1, 0.15) is 15.9 Å². The lowest BCUT2D eigenvalue weighted by Crippen LogP contribution is -2.06. The highest BCUT2D eigenvalue weighted by Crippen LogP contribution is 2.19. The third-order valence-corrected chi connectivity index (χ3v) is 3.35. The van der Waals surface area contributed by atoms with Crippen LogP contribution >= 0.6 is 0 Å². The van der Waals surface area contributed by atoms with Gasteiger partial charge in [-0.05, 0) is 24.3 Å². The third-order valence-electron chi connectivity index (χ3n) is 3.35. The van der Waals surface area contributed by atoms with Gasteiger partial charge in [0.05, 0.1) is 19.0 Å². The number of hydrogen-bond donors (Lipinski definition) is 0. The zero-order valence-corrected chi connectivity index (χ0v) is 12.7. The fourth-order valence-corrected chi connectivity index (χ4v) is 2.20. The quantitative estimate of drug-likeness (QED) is 0.679. The molecule has 0 N–H and O–H groups in total. The van der Waals surface area contributed by atoms with Gasteiger partial charge >= 0.3 is 5.97 Å². The van der Waals surface area contributed by atoms with Gasteiger partial charge in [0, 0.05) is 11.8 Å². The fraction of sp³-hybridized carbons (Fsp3) is 0.111. The minimum absolute atomic E-state index is 0.156. The standard InChI is InChI=1S/C18H16N2O3/c1-22-17-10-6-5-9-16(17)18(21)23-13-14-11-19-20(12-14)15-7-3-2-4-8-15/h2-12H,13H2,1H3. The fourth-order valence-electron chi connectivity index (χ4n) is 2.20. The number of ether oxygens (including phenoxy) is 2. The van der Waals surface area contributed by atoms with Crippen LogP contribution in [0.5, 0.6) is 5.75 Å². The average Bonchev–Trinajstić information content (AvgIpc) is 3.09. The molecule has 5 heteroatoms. The van der Waals surface area contributed by atoms with Crippen LogP contribution in [0, 0.1) is 0 Å². The van der Waals surface area contributed by atoms with E-state index >= 15 is 0 Å². The second-order valence-corrected chi connectivity index (χ2v) is 4.91. The maximum atomic E-state index is 12.1. The molecule has 0 aliphatic heterocycles. The predicted octanol–water partition coefficient (Wildman–Crippen LogP) is 3.24. The van der Waals surface area contributed by atoms with E-state index in [1.54, 1.807) is 35.1 Å². The van der Waals surface area contributed by atoms with E-state index in [-0.39, 0.29) is 6.61 Å². The van der Waals surface area contributed by atoms with Crippen LogP contribution in [0.2, 0.25) is 0 Å². The molecule has 3 aromatic rings. The molecule has 2 aromatic carbocycles. The molecule has 0 saturated carbocycles. The van der Waals surface area contributed by atoms with Crippen molar-refractivity contribution in [3.8, 4) is 11.4 Å². The Kier molecular flexibility index (Phi) is 4.38. The van der Waals surface area contributed by atoms with Crippen LogP contribution in [-0.4, -0.2) is 22.9 Å². The number of rotatable bonds is 5. The van der Waals surface area contributed by atoms with Gasteiger partial charge in [-0.1, -0.05) is 30.3 Å². The largest absolute Gasteiger partial charge is 0.496 e. The Balaban J connectivity index is 1.67. The lowest BCUT2D eigenvalue weighted by Gasteiger charge is -2.07. The maximum Gasteiger partial charge on any atom is 0.342 e. The van der Waals surface area contributed by atoms with Gasteiger partial charge in [0.2, 0.25) is 0 Å². The number of nitrogens with zero attached hydrogens (tertiary/aromatic N) is 2. The number of benzene rings is 2. The summed E-state index contributed by atoms with van der Waals surface area (Å²) >= 11 is 0. The van der Waals surface area contributed by atoms with Crippen molar-refractivity contribution in [2.24, 2.45) is 0 Å². The Morgan fingerprint density at radius 1 is 1.09 bits per heavy atom. The summed E-state index contributed by atoms with van der Waals surface area (Å²) in [5, 5.41) is 4.27. The summed E-state index contributed by atoms with van der Waals surface area (Å²) in [5.74, 6) is 0.0763. The summed E-state index contributed by atoms with van der Waals surface area (Å²) in [5.41, 5.74) is 2.18. The Hall–Kier alpha value is -3.08. The molecule has 5 nitrogen and oxygen atoms in total. The molecule has 0 unspecified atom stereocenters. The van der Waals surface area contributed by atoms with E-state index in [1.165, 1.54) is 7.11 Å². The van der Waals surface area contributed by atoms with Crippen molar-refractivity contribution >= 4 is 5.97 Å². The first-order valence-electron chi connectivity index (χ1n) is 7.17. The summed E-state index contributed by atoms with van der Waals surface area (Å²) < 4.78 is 12.2. The zero-order valence-electron chi connectivity index (χ0n) is 12.7. The van der Waals surface area contributed by atoms with Crippen molar-refractivity contribution < 1.29 is 14.3 Å². The summed E-state index contributed by atoms with van der Waals surface area (Å²) in [6.45, 7) is 0.156. The van der Waals surface area contributed by atoms with Crippen molar-refractivity contribution in [3.05, 3.63) is 78.1 Å². The smallest absolute Gasteiger partial charge is 0.342 e. The molecule has 0 radical (unpaired) electrons. The normalized spacial score (nSPS) is 10.3. The highest BCUT2D eigenvalue weighted by atomic mass is 16.5. The van der Waals surface area contributed by atoms with E-state index in [1.807, 2.05) is 36.5 Å². The van der Waals surface area contributed by atoms with Gasteiger partial charge in [-0.25, -0.2) is 9.48 Å². The Bertz CT molecular complexity index is 797. The van der Waals surface area contributed by atoms with Gasteiger partial charge < -0.3 is 9.47 Å². The number of para-hydroxylation sites is 2. The van der Waals surface area contributed by atoms with Crippen molar-refractivity contribution in [3.63, 3.8) is 0 Å². The first kappa shape index (κ1) is 14.8. The van der Waals surface area contributed by atoms with Crippen LogP contribution in [-0.2, 0) is 11.3 Å². The lowest BCUT2D eigenvalue weighted by atomic mass is 10.2. The van der Waals surface area contributed by atoms with E-state index in [9.17, 15) is 4.79 Å². The number of carbonyl (C=O) groups is 1. The van der Waals surface area contributed by atoms with E-state index in [0.717, 1.165) is 11.3 Å². The van der Waals surface area contributed by atoms with Crippen LogP contribution in [0.3, 0.4) is 0 Å². The van der Waals surface area contributed by atoms with Gasteiger partial charge in [0.1, 0.15) is 17.9 Å². The van der Waals surface area contributed by atoms with E-state index < -0.39 is 5.97 Å². The molecule has 116 valence electrons. The molecule has 0 bridgehead atoms. The molecule has 1 heterocycles. The highest BCUT2D eigenvalue weighted by molar-refractivity contribution is 5.92. The number of methoxy groups -OCH3 is 1. The number of carbonyl (C=O) groups excluding carboxylic acids is 1. The van der Waals surface area contributed by atoms with Crippen LogP contribution in [0.15, 0.2) is 67.0 Å². The predicted molar refractivity (Wildman–Crippen MR) is 85.7 cm³/mol. The molecule has 0 atom stereocenters. The van der Waals surface area contributed by atoms with Crippen LogP contribution in [0.25, 0.3) is 5.69 Å². The molecule has 0 spiro atoms. The average molecular weight is 308 g/mol. The lowest BCUT2D eigenvalue weighted by molar-refractivity contribution is 0.0469. The minimum Gasteiger partial charge on any atom is -0.496 e. The van der Waals surface area contributed by atoms with E-state index in [4.69, 9.17) is 9.47 Å². The zero-order chi connectivity index (χ0) is 16.1. The second-order valence-electron chi connectivity index (χ2n) is 4.91.